The number of carbonyl (C=O) groups excluding carboxylic acids is 1. The predicted molar refractivity (Wildman–Crippen MR) is 119 cm³/mol. The number of carbonyl (C=O) groups is 1. The average Bonchev–Trinajstić information content (AvgIpc) is 3.22. The molecule has 1 N–H and O–H groups in total. The first kappa shape index (κ1) is 20.2. The Morgan fingerprint density at radius 3 is 2.58 bits per heavy atom. The molecule has 6 heteroatoms. The summed E-state index contributed by atoms with van der Waals surface area (Å²) in [6.45, 7) is 2.31. The highest BCUT2D eigenvalue weighted by Gasteiger charge is 2.11. The summed E-state index contributed by atoms with van der Waals surface area (Å²) in [7, 11) is 0. The summed E-state index contributed by atoms with van der Waals surface area (Å²) in [5, 5.41) is 7.51. The number of aromatic nitrogens is 3. The minimum atomic E-state index is -0.312. The Kier molecular flexibility index (Phi) is 5.98. The van der Waals surface area contributed by atoms with Crippen molar-refractivity contribution in [2.45, 2.75) is 13.5 Å². The Balaban J connectivity index is 1.58. The van der Waals surface area contributed by atoms with E-state index in [2.05, 4.69) is 15.4 Å². The van der Waals surface area contributed by atoms with Crippen LogP contribution in [0.3, 0.4) is 0 Å². The minimum absolute atomic E-state index is 0.234. The lowest BCUT2D eigenvalue weighted by Gasteiger charge is -2.04. The van der Waals surface area contributed by atoms with E-state index in [1.54, 1.807) is 29.1 Å². The number of amides is 1. The molecule has 31 heavy (non-hydrogen) atoms. The predicted octanol–water partition coefficient (Wildman–Crippen LogP) is 4.71. The molecule has 2 heterocycles. The number of nitrogens with one attached hydrogen (secondary N) is 1. The van der Waals surface area contributed by atoms with Gasteiger partial charge in [-0.25, -0.2) is 9.07 Å². The minimum Gasteiger partial charge on any atom is -0.347 e. The van der Waals surface area contributed by atoms with E-state index in [0.29, 0.717) is 12.2 Å². The highest BCUT2D eigenvalue weighted by atomic mass is 19.1. The Morgan fingerprint density at radius 1 is 1.06 bits per heavy atom. The maximum Gasteiger partial charge on any atom is 0.244 e. The lowest BCUT2D eigenvalue weighted by Crippen LogP contribution is -2.21. The number of hydrogen-bond acceptors (Lipinski definition) is 3. The van der Waals surface area contributed by atoms with Gasteiger partial charge < -0.3 is 5.32 Å². The van der Waals surface area contributed by atoms with Crippen LogP contribution in [0.2, 0.25) is 0 Å². The van der Waals surface area contributed by atoms with Crippen LogP contribution >= 0.6 is 0 Å². The molecule has 0 bridgehead atoms. The first-order chi connectivity index (χ1) is 15.1. The van der Waals surface area contributed by atoms with Crippen molar-refractivity contribution in [1.82, 2.24) is 20.1 Å². The zero-order chi connectivity index (χ0) is 21.6. The summed E-state index contributed by atoms with van der Waals surface area (Å²) in [5.41, 5.74) is 4.91. The average molecular weight is 412 g/mol. The smallest absolute Gasteiger partial charge is 0.244 e. The van der Waals surface area contributed by atoms with Crippen LogP contribution in [0, 0.1) is 12.7 Å². The van der Waals surface area contributed by atoms with Crippen molar-refractivity contribution in [3.8, 4) is 16.9 Å². The van der Waals surface area contributed by atoms with Crippen LogP contribution in [0.15, 0.2) is 85.2 Å². The molecular formula is C25H21FN4O. The molecular weight excluding hydrogens is 391 g/mol. The van der Waals surface area contributed by atoms with Crippen molar-refractivity contribution in [3.05, 3.63) is 108 Å². The van der Waals surface area contributed by atoms with Gasteiger partial charge >= 0.3 is 0 Å². The van der Waals surface area contributed by atoms with Crippen molar-refractivity contribution in [2.75, 3.05) is 0 Å². The normalized spacial score (nSPS) is 11.0. The number of benzene rings is 2. The highest BCUT2D eigenvalue weighted by Crippen LogP contribution is 2.25. The van der Waals surface area contributed by atoms with Gasteiger partial charge in [-0.3, -0.25) is 9.78 Å². The molecule has 0 aliphatic carbocycles. The van der Waals surface area contributed by atoms with Gasteiger partial charge in [0, 0.05) is 29.6 Å². The highest BCUT2D eigenvalue weighted by molar-refractivity contribution is 5.92. The number of aryl methyl sites for hydroxylation is 1. The van der Waals surface area contributed by atoms with Gasteiger partial charge in [0.25, 0.3) is 0 Å². The molecule has 154 valence electrons. The van der Waals surface area contributed by atoms with E-state index < -0.39 is 0 Å². The Morgan fingerprint density at radius 2 is 1.84 bits per heavy atom. The molecule has 0 aliphatic heterocycles. The second kappa shape index (κ2) is 9.17. The lowest BCUT2D eigenvalue weighted by molar-refractivity contribution is -0.116. The zero-order valence-electron chi connectivity index (χ0n) is 17.0. The zero-order valence-corrected chi connectivity index (χ0v) is 17.0. The van der Waals surface area contributed by atoms with Gasteiger partial charge in [0.2, 0.25) is 5.91 Å². The number of rotatable bonds is 6. The number of pyridine rings is 1. The Bertz CT molecular complexity index is 1210. The topological polar surface area (TPSA) is 59.8 Å². The molecule has 2 aromatic heterocycles. The van der Waals surface area contributed by atoms with E-state index in [-0.39, 0.29) is 11.7 Å². The summed E-state index contributed by atoms with van der Waals surface area (Å²) in [6.07, 6.45) is 6.74. The summed E-state index contributed by atoms with van der Waals surface area (Å²) in [6, 6.07) is 19.6. The van der Waals surface area contributed by atoms with E-state index in [0.717, 1.165) is 28.1 Å². The van der Waals surface area contributed by atoms with Crippen molar-refractivity contribution in [2.24, 2.45) is 0 Å². The van der Waals surface area contributed by atoms with Gasteiger partial charge in [-0.2, -0.15) is 5.10 Å². The van der Waals surface area contributed by atoms with Gasteiger partial charge in [0.1, 0.15) is 5.82 Å². The molecule has 0 atom stereocenters. The van der Waals surface area contributed by atoms with E-state index in [1.165, 1.54) is 18.2 Å². The van der Waals surface area contributed by atoms with Crippen LogP contribution in [-0.2, 0) is 11.3 Å². The van der Waals surface area contributed by atoms with Gasteiger partial charge in [-0.15, -0.1) is 0 Å². The fourth-order valence-corrected chi connectivity index (χ4v) is 3.15. The lowest BCUT2D eigenvalue weighted by atomic mass is 10.1. The monoisotopic (exact) mass is 412 g/mol. The van der Waals surface area contributed by atoms with Crippen LogP contribution in [0.1, 0.15) is 16.8 Å². The second-order valence-electron chi connectivity index (χ2n) is 7.04. The molecule has 0 radical (unpaired) electrons. The fraction of sp³-hybridized carbons (Fsp3) is 0.0800. The quantitative estimate of drug-likeness (QED) is 0.467. The van der Waals surface area contributed by atoms with Gasteiger partial charge in [-0.05, 0) is 61.0 Å². The number of halogens is 1. The Labute approximate surface area is 179 Å². The van der Waals surface area contributed by atoms with Crippen molar-refractivity contribution >= 4 is 12.0 Å². The molecule has 0 saturated carbocycles. The van der Waals surface area contributed by atoms with Crippen molar-refractivity contribution in [1.29, 1.82) is 0 Å². The fourth-order valence-electron chi connectivity index (χ4n) is 3.15. The van der Waals surface area contributed by atoms with E-state index in [4.69, 9.17) is 0 Å². The van der Waals surface area contributed by atoms with Crippen LogP contribution in [0.25, 0.3) is 23.0 Å². The number of nitrogens with zero attached hydrogens (tertiary/aromatic N) is 3. The molecule has 4 rings (SSSR count). The van der Waals surface area contributed by atoms with Gasteiger partial charge in [-0.1, -0.05) is 24.3 Å². The third kappa shape index (κ3) is 4.93. The van der Waals surface area contributed by atoms with Crippen LogP contribution in [0.5, 0.6) is 0 Å². The molecule has 0 fully saturated rings. The molecule has 0 spiro atoms. The summed E-state index contributed by atoms with van der Waals surface area (Å²) in [5.74, 6) is -0.546. The SMILES string of the molecule is Cc1cccnc1CNC(=O)/C=C/c1cn(-c2ccccc2)nc1-c1ccc(F)cc1. The maximum absolute atomic E-state index is 13.4. The van der Waals surface area contributed by atoms with Crippen molar-refractivity contribution < 1.29 is 9.18 Å². The maximum atomic E-state index is 13.4. The molecule has 1 amide bonds. The van der Waals surface area contributed by atoms with Crippen LogP contribution in [-0.4, -0.2) is 20.7 Å². The third-order valence-corrected chi connectivity index (χ3v) is 4.84. The Hall–Kier alpha value is -4.06. The largest absolute Gasteiger partial charge is 0.347 e. The first-order valence-electron chi connectivity index (χ1n) is 9.87. The molecule has 0 saturated heterocycles. The third-order valence-electron chi connectivity index (χ3n) is 4.84. The van der Waals surface area contributed by atoms with Gasteiger partial charge in [0.05, 0.1) is 23.6 Å². The van der Waals surface area contributed by atoms with Crippen molar-refractivity contribution in [3.63, 3.8) is 0 Å². The molecule has 0 unspecified atom stereocenters. The number of para-hydroxylation sites is 1. The van der Waals surface area contributed by atoms with E-state index >= 15 is 0 Å². The van der Waals surface area contributed by atoms with Gasteiger partial charge in [0.15, 0.2) is 0 Å². The first-order valence-corrected chi connectivity index (χ1v) is 9.87. The van der Waals surface area contributed by atoms with Crippen LogP contribution in [0.4, 0.5) is 4.39 Å². The summed E-state index contributed by atoms with van der Waals surface area (Å²) in [4.78, 5) is 16.7. The summed E-state index contributed by atoms with van der Waals surface area (Å²) >= 11 is 0. The molecule has 5 nitrogen and oxygen atoms in total. The number of hydrogen-bond donors (Lipinski definition) is 1. The summed E-state index contributed by atoms with van der Waals surface area (Å²) < 4.78 is 15.1. The standard InChI is InChI=1S/C25H21FN4O/c1-18-6-5-15-27-23(18)16-28-24(31)14-11-20-17-30(22-7-3-2-4-8-22)29-25(20)19-9-12-21(26)13-10-19/h2-15,17H,16H2,1H3,(H,28,31)/b14-11+. The second-order valence-corrected chi connectivity index (χ2v) is 7.04. The molecule has 2 aromatic carbocycles. The molecule has 0 aliphatic rings. The van der Waals surface area contributed by atoms with E-state index in [9.17, 15) is 9.18 Å². The van der Waals surface area contributed by atoms with Crippen LogP contribution < -0.4 is 5.32 Å². The molecule has 4 aromatic rings. The van der Waals surface area contributed by atoms with E-state index in [1.807, 2.05) is 55.6 Å².